The van der Waals surface area contributed by atoms with E-state index in [1.165, 1.54) is 6.07 Å². The lowest BCUT2D eigenvalue weighted by molar-refractivity contribution is 0.505. The minimum absolute atomic E-state index is 0.430. The molecular formula is C14H12F2N4. The molecule has 0 fully saturated rings. The van der Waals surface area contributed by atoms with Crippen molar-refractivity contribution in [2.75, 3.05) is 0 Å². The van der Waals surface area contributed by atoms with Gasteiger partial charge in [0.2, 0.25) is 0 Å². The van der Waals surface area contributed by atoms with Crippen LogP contribution >= 0.6 is 0 Å². The lowest BCUT2D eigenvalue weighted by Gasteiger charge is -2.04. The van der Waals surface area contributed by atoms with Crippen LogP contribution in [0.5, 0.6) is 0 Å². The van der Waals surface area contributed by atoms with Crippen LogP contribution in [0.1, 0.15) is 11.4 Å². The summed E-state index contributed by atoms with van der Waals surface area (Å²) in [6.45, 7) is 0.920. The molecule has 102 valence electrons. The Balaban J connectivity index is 1.66. The van der Waals surface area contributed by atoms with Gasteiger partial charge in [0.15, 0.2) is 23.1 Å². The van der Waals surface area contributed by atoms with Gasteiger partial charge < -0.3 is 5.32 Å². The van der Waals surface area contributed by atoms with Gasteiger partial charge in [0.25, 0.3) is 0 Å². The van der Waals surface area contributed by atoms with Crippen LogP contribution in [0.4, 0.5) is 8.78 Å². The molecule has 0 amide bonds. The smallest absolute Gasteiger partial charge is 0.160 e. The maximum absolute atomic E-state index is 13.1. The van der Waals surface area contributed by atoms with E-state index in [0.717, 1.165) is 17.5 Å². The molecule has 0 saturated carbocycles. The van der Waals surface area contributed by atoms with Crippen LogP contribution in [0.2, 0.25) is 0 Å². The van der Waals surface area contributed by atoms with Gasteiger partial charge in [0.05, 0.1) is 6.54 Å². The molecule has 0 radical (unpaired) electrons. The second-order valence-corrected chi connectivity index (χ2v) is 4.40. The van der Waals surface area contributed by atoms with Crippen molar-refractivity contribution >= 4 is 5.65 Å². The average Bonchev–Trinajstić information content (AvgIpc) is 2.86. The third-order valence-electron chi connectivity index (χ3n) is 2.98. The summed E-state index contributed by atoms with van der Waals surface area (Å²) < 4.78 is 27.7. The number of pyridine rings is 1. The minimum atomic E-state index is -0.836. The fourth-order valence-corrected chi connectivity index (χ4v) is 1.98. The lowest BCUT2D eigenvalue weighted by atomic mass is 10.2. The summed E-state index contributed by atoms with van der Waals surface area (Å²) in [5.74, 6) is -0.905. The fraction of sp³-hybridized carbons (Fsp3) is 0.143. The van der Waals surface area contributed by atoms with Gasteiger partial charge in [-0.15, -0.1) is 10.2 Å². The molecule has 1 N–H and O–H groups in total. The molecule has 0 saturated heterocycles. The maximum Gasteiger partial charge on any atom is 0.160 e. The molecule has 4 nitrogen and oxygen atoms in total. The van der Waals surface area contributed by atoms with Gasteiger partial charge in [-0.2, -0.15) is 0 Å². The minimum Gasteiger partial charge on any atom is -0.306 e. The number of hydrogen-bond donors (Lipinski definition) is 1. The molecule has 6 heteroatoms. The van der Waals surface area contributed by atoms with Crippen LogP contribution in [-0.4, -0.2) is 14.6 Å². The van der Waals surface area contributed by atoms with E-state index < -0.39 is 11.6 Å². The molecule has 0 aliphatic rings. The molecular weight excluding hydrogens is 262 g/mol. The average molecular weight is 274 g/mol. The van der Waals surface area contributed by atoms with Gasteiger partial charge in [0.1, 0.15) is 0 Å². The van der Waals surface area contributed by atoms with Crippen molar-refractivity contribution in [3.05, 3.63) is 65.6 Å². The highest BCUT2D eigenvalue weighted by Gasteiger charge is 2.05. The molecule has 0 atom stereocenters. The number of halogens is 2. The SMILES string of the molecule is Fc1ccc(CNCc2nnc3ccccn23)cc1F. The van der Waals surface area contributed by atoms with Gasteiger partial charge in [-0.1, -0.05) is 12.1 Å². The summed E-state index contributed by atoms with van der Waals surface area (Å²) in [6, 6.07) is 9.51. The van der Waals surface area contributed by atoms with E-state index in [9.17, 15) is 8.78 Å². The van der Waals surface area contributed by atoms with Gasteiger partial charge in [-0.05, 0) is 29.8 Å². The van der Waals surface area contributed by atoms with Gasteiger partial charge in [-0.25, -0.2) is 8.78 Å². The normalized spacial score (nSPS) is 11.1. The number of benzene rings is 1. The summed E-state index contributed by atoms with van der Waals surface area (Å²) in [5.41, 5.74) is 1.45. The van der Waals surface area contributed by atoms with E-state index in [1.807, 2.05) is 28.8 Å². The molecule has 1 aromatic carbocycles. The quantitative estimate of drug-likeness (QED) is 0.793. The van der Waals surface area contributed by atoms with E-state index in [1.54, 1.807) is 6.07 Å². The van der Waals surface area contributed by atoms with Crippen molar-refractivity contribution in [2.45, 2.75) is 13.1 Å². The first-order chi connectivity index (χ1) is 9.74. The predicted octanol–water partition coefficient (Wildman–Crippen LogP) is 2.30. The third kappa shape index (κ3) is 2.50. The molecule has 2 heterocycles. The Morgan fingerprint density at radius 3 is 2.75 bits per heavy atom. The molecule has 0 aliphatic carbocycles. The van der Waals surface area contributed by atoms with E-state index in [2.05, 4.69) is 15.5 Å². The number of rotatable bonds is 4. The number of hydrogen-bond acceptors (Lipinski definition) is 3. The van der Waals surface area contributed by atoms with Crippen molar-refractivity contribution in [1.29, 1.82) is 0 Å². The Morgan fingerprint density at radius 2 is 1.90 bits per heavy atom. The Hall–Kier alpha value is -2.34. The van der Waals surface area contributed by atoms with Gasteiger partial charge >= 0.3 is 0 Å². The molecule has 0 bridgehead atoms. The highest BCUT2D eigenvalue weighted by Crippen LogP contribution is 2.09. The predicted molar refractivity (Wildman–Crippen MR) is 69.9 cm³/mol. The van der Waals surface area contributed by atoms with Crippen molar-refractivity contribution in [2.24, 2.45) is 0 Å². The Morgan fingerprint density at radius 1 is 1.00 bits per heavy atom. The molecule has 0 unspecified atom stereocenters. The number of nitrogens with zero attached hydrogens (tertiary/aromatic N) is 3. The zero-order chi connectivity index (χ0) is 13.9. The van der Waals surface area contributed by atoms with E-state index in [-0.39, 0.29) is 0 Å². The number of nitrogens with one attached hydrogen (secondary N) is 1. The molecule has 3 aromatic rings. The van der Waals surface area contributed by atoms with E-state index >= 15 is 0 Å². The summed E-state index contributed by atoms with van der Waals surface area (Å²) in [4.78, 5) is 0. The van der Waals surface area contributed by atoms with E-state index in [0.29, 0.717) is 18.7 Å². The standard InChI is InChI=1S/C14H12F2N4/c15-11-5-4-10(7-12(11)16)8-17-9-14-19-18-13-3-1-2-6-20(13)14/h1-7,17H,8-9H2. The first-order valence-corrected chi connectivity index (χ1v) is 6.17. The number of aromatic nitrogens is 3. The first-order valence-electron chi connectivity index (χ1n) is 6.17. The number of fused-ring (bicyclic) bond motifs is 1. The van der Waals surface area contributed by atoms with Crippen LogP contribution in [-0.2, 0) is 13.1 Å². The molecule has 3 rings (SSSR count). The molecule has 20 heavy (non-hydrogen) atoms. The monoisotopic (exact) mass is 274 g/mol. The highest BCUT2D eigenvalue weighted by molar-refractivity contribution is 5.36. The van der Waals surface area contributed by atoms with Crippen LogP contribution in [0.25, 0.3) is 5.65 Å². The second-order valence-electron chi connectivity index (χ2n) is 4.40. The Labute approximate surface area is 114 Å². The first kappa shape index (κ1) is 12.7. The van der Waals surface area contributed by atoms with Crippen LogP contribution in [0, 0.1) is 11.6 Å². The summed E-state index contributed by atoms with van der Waals surface area (Å²) in [7, 11) is 0. The summed E-state index contributed by atoms with van der Waals surface area (Å²) in [5, 5.41) is 11.2. The van der Waals surface area contributed by atoms with Crippen LogP contribution in [0.3, 0.4) is 0 Å². The van der Waals surface area contributed by atoms with Crippen LogP contribution in [0.15, 0.2) is 42.6 Å². The van der Waals surface area contributed by atoms with Crippen molar-refractivity contribution < 1.29 is 8.78 Å². The third-order valence-corrected chi connectivity index (χ3v) is 2.98. The van der Waals surface area contributed by atoms with Gasteiger partial charge in [-0.3, -0.25) is 4.40 Å². The highest BCUT2D eigenvalue weighted by atomic mass is 19.2. The summed E-state index contributed by atoms with van der Waals surface area (Å²) >= 11 is 0. The summed E-state index contributed by atoms with van der Waals surface area (Å²) in [6.07, 6.45) is 1.88. The molecule has 0 aliphatic heterocycles. The topological polar surface area (TPSA) is 42.2 Å². The zero-order valence-corrected chi connectivity index (χ0v) is 10.6. The molecule has 0 spiro atoms. The Kier molecular flexibility index (Phi) is 3.39. The maximum atomic E-state index is 13.1. The van der Waals surface area contributed by atoms with Gasteiger partial charge in [0, 0.05) is 12.7 Å². The van der Waals surface area contributed by atoms with Crippen molar-refractivity contribution in [3.63, 3.8) is 0 Å². The second kappa shape index (κ2) is 5.34. The van der Waals surface area contributed by atoms with E-state index in [4.69, 9.17) is 0 Å². The van der Waals surface area contributed by atoms with Crippen molar-refractivity contribution in [3.8, 4) is 0 Å². The van der Waals surface area contributed by atoms with Crippen LogP contribution < -0.4 is 5.32 Å². The molecule has 2 aromatic heterocycles. The lowest BCUT2D eigenvalue weighted by Crippen LogP contribution is -2.15. The van der Waals surface area contributed by atoms with Crippen molar-refractivity contribution in [1.82, 2.24) is 19.9 Å². The Bertz CT molecular complexity index is 739. The zero-order valence-electron chi connectivity index (χ0n) is 10.6. The fourth-order valence-electron chi connectivity index (χ4n) is 1.98. The largest absolute Gasteiger partial charge is 0.306 e.